The molecule has 0 saturated heterocycles. The highest BCUT2D eigenvalue weighted by molar-refractivity contribution is 5.99. The molecule has 0 fully saturated rings. The van der Waals surface area contributed by atoms with E-state index in [1.807, 2.05) is 63.2 Å². The molecule has 0 aliphatic rings. The van der Waals surface area contributed by atoms with Crippen LogP contribution in [0, 0.1) is 20.8 Å². The van der Waals surface area contributed by atoms with Crippen LogP contribution in [0.25, 0.3) is 11.0 Å². The average Bonchev–Trinajstić information content (AvgIpc) is 2.88. The smallest absolute Gasteiger partial charge is 0.307 e. The van der Waals surface area contributed by atoms with Crippen LogP contribution in [-0.2, 0) is 0 Å². The van der Waals surface area contributed by atoms with Crippen molar-refractivity contribution in [2.75, 3.05) is 0 Å². The maximum absolute atomic E-state index is 12.3. The Labute approximate surface area is 134 Å². The Morgan fingerprint density at radius 2 is 1.91 bits per heavy atom. The van der Waals surface area contributed by atoms with E-state index in [2.05, 4.69) is 10.5 Å². The molecule has 2 aromatic carbocycles. The molecule has 4 heteroatoms. The maximum Gasteiger partial charge on any atom is 0.307 e. The number of benzene rings is 2. The number of para-hydroxylation sites is 1. The fourth-order valence-electron chi connectivity index (χ4n) is 2.50. The van der Waals surface area contributed by atoms with Gasteiger partial charge >= 0.3 is 5.91 Å². The van der Waals surface area contributed by atoms with Crippen LogP contribution in [-0.4, -0.2) is 12.1 Å². The van der Waals surface area contributed by atoms with Gasteiger partial charge in [-0.25, -0.2) is 5.43 Å². The molecule has 0 saturated carbocycles. The van der Waals surface area contributed by atoms with E-state index in [-0.39, 0.29) is 5.91 Å². The number of rotatable bonds is 3. The molecule has 1 heterocycles. The van der Waals surface area contributed by atoms with Gasteiger partial charge in [-0.3, -0.25) is 4.79 Å². The number of amides is 1. The Hall–Kier alpha value is -2.88. The third-order valence-electron chi connectivity index (χ3n) is 3.85. The third-order valence-corrected chi connectivity index (χ3v) is 3.85. The number of carbonyl (C=O) groups excluding carboxylic acids is 1. The van der Waals surface area contributed by atoms with E-state index in [9.17, 15) is 4.79 Å². The largest absolute Gasteiger partial charge is 0.451 e. The first-order chi connectivity index (χ1) is 11.1. The number of nitrogens with one attached hydrogen (secondary N) is 1. The van der Waals surface area contributed by atoms with E-state index in [0.717, 1.165) is 27.6 Å². The molecular formula is C19H18N2O2. The summed E-state index contributed by atoms with van der Waals surface area (Å²) >= 11 is 0. The van der Waals surface area contributed by atoms with Crippen LogP contribution >= 0.6 is 0 Å². The molecule has 0 aliphatic heterocycles. The second-order valence-electron chi connectivity index (χ2n) is 5.61. The normalized spacial score (nSPS) is 11.3. The number of fused-ring (bicyclic) bond motifs is 1. The molecule has 0 atom stereocenters. The van der Waals surface area contributed by atoms with Gasteiger partial charge in [0.25, 0.3) is 0 Å². The lowest BCUT2D eigenvalue weighted by Crippen LogP contribution is -2.17. The number of aryl methyl sites for hydroxylation is 3. The second-order valence-corrected chi connectivity index (χ2v) is 5.61. The number of hydrogen-bond acceptors (Lipinski definition) is 3. The summed E-state index contributed by atoms with van der Waals surface area (Å²) in [5, 5.41) is 4.99. The second kappa shape index (κ2) is 6.08. The summed E-state index contributed by atoms with van der Waals surface area (Å²) in [7, 11) is 0. The Morgan fingerprint density at radius 3 is 2.70 bits per heavy atom. The van der Waals surface area contributed by atoms with Crippen molar-refractivity contribution in [3.63, 3.8) is 0 Å². The SMILES string of the molecule is Cc1ccc(C)c(/C=N\NC(=O)c2oc3ccccc3c2C)c1. The Bertz CT molecular complexity index is 907. The Kier molecular flexibility index (Phi) is 3.98. The summed E-state index contributed by atoms with van der Waals surface area (Å²) in [6.07, 6.45) is 1.65. The van der Waals surface area contributed by atoms with Crippen molar-refractivity contribution < 1.29 is 9.21 Å². The molecule has 3 rings (SSSR count). The van der Waals surface area contributed by atoms with Crippen LogP contribution in [0.15, 0.2) is 52.0 Å². The number of hydrogen-bond donors (Lipinski definition) is 1. The van der Waals surface area contributed by atoms with E-state index >= 15 is 0 Å². The van der Waals surface area contributed by atoms with Crippen molar-refractivity contribution >= 4 is 23.1 Å². The highest BCUT2D eigenvalue weighted by atomic mass is 16.3. The Morgan fingerprint density at radius 1 is 1.13 bits per heavy atom. The van der Waals surface area contributed by atoms with Gasteiger partial charge < -0.3 is 4.42 Å². The summed E-state index contributed by atoms with van der Waals surface area (Å²) in [6.45, 7) is 5.90. The molecule has 3 aromatic rings. The molecule has 0 unspecified atom stereocenters. The Balaban J connectivity index is 1.80. The predicted octanol–water partition coefficient (Wildman–Crippen LogP) is 4.12. The van der Waals surface area contributed by atoms with Crippen molar-refractivity contribution in [2.45, 2.75) is 20.8 Å². The van der Waals surface area contributed by atoms with Crippen LogP contribution in [0.2, 0.25) is 0 Å². The van der Waals surface area contributed by atoms with Crippen LogP contribution in [0.5, 0.6) is 0 Å². The minimum absolute atomic E-state index is 0.296. The van der Waals surface area contributed by atoms with Crippen molar-refractivity contribution in [2.24, 2.45) is 5.10 Å². The van der Waals surface area contributed by atoms with Crippen molar-refractivity contribution in [3.8, 4) is 0 Å². The van der Waals surface area contributed by atoms with Gasteiger partial charge in [0.2, 0.25) is 0 Å². The molecule has 0 aliphatic carbocycles. The third kappa shape index (κ3) is 3.01. The lowest BCUT2D eigenvalue weighted by Gasteiger charge is -2.01. The first-order valence-electron chi connectivity index (χ1n) is 7.45. The summed E-state index contributed by atoms with van der Waals surface area (Å²) in [5.74, 6) is -0.0513. The predicted molar refractivity (Wildman–Crippen MR) is 91.9 cm³/mol. The molecule has 1 N–H and O–H groups in total. The van der Waals surface area contributed by atoms with E-state index in [1.165, 1.54) is 0 Å². The van der Waals surface area contributed by atoms with Crippen molar-refractivity contribution in [1.29, 1.82) is 0 Å². The van der Waals surface area contributed by atoms with Gasteiger partial charge in [0.05, 0.1) is 6.21 Å². The summed E-state index contributed by atoms with van der Waals surface area (Å²) < 4.78 is 5.62. The topological polar surface area (TPSA) is 54.6 Å². The molecule has 0 spiro atoms. The van der Waals surface area contributed by atoms with Gasteiger partial charge in [0.15, 0.2) is 5.76 Å². The molecule has 23 heavy (non-hydrogen) atoms. The zero-order chi connectivity index (χ0) is 16.4. The van der Waals surface area contributed by atoms with Crippen molar-refractivity contribution in [1.82, 2.24) is 5.43 Å². The standard InChI is InChI=1S/C19H18N2O2/c1-12-8-9-13(2)15(10-12)11-20-21-19(22)18-14(3)16-6-4-5-7-17(16)23-18/h4-11H,1-3H3,(H,21,22)/b20-11-. The highest BCUT2D eigenvalue weighted by Crippen LogP contribution is 2.24. The first-order valence-corrected chi connectivity index (χ1v) is 7.45. The van der Waals surface area contributed by atoms with E-state index < -0.39 is 0 Å². The van der Waals surface area contributed by atoms with Gasteiger partial charge in [-0.1, -0.05) is 42.0 Å². The minimum Gasteiger partial charge on any atom is -0.451 e. The van der Waals surface area contributed by atoms with Gasteiger partial charge in [-0.15, -0.1) is 0 Å². The molecule has 0 radical (unpaired) electrons. The molecule has 1 amide bonds. The number of nitrogens with zero attached hydrogens (tertiary/aromatic N) is 1. The number of furan rings is 1. The molecule has 4 nitrogen and oxygen atoms in total. The van der Waals surface area contributed by atoms with Crippen LogP contribution in [0.1, 0.15) is 32.8 Å². The molecule has 116 valence electrons. The van der Waals surface area contributed by atoms with Gasteiger partial charge in [-0.2, -0.15) is 5.10 Å². The minimum atomic E-state index is -0.347. The van der Waals surface area contributed by atoms with Crippen LogP contribution < -0.4 is 5.43 Å². The molecular weight excluding hydrogens is 288 g/mol. The lowest BCUT2D eigenvalue weighted by molar-refractivity contribution is 0.0929. The van der Waals surface area contributed by atoms with Gasteiger partial charge in [-0.05, 0) is 38.0 Å². The first kappa shape index (κ1) is 15.0. The summed E-state index contributed by atoms with van der Waals surface area (Å²) in [6, 6.07) is 13.7. The van der Waals surface area contributed by atoms with Gasteiger partial charge in [0.1, 0.15) is 5.58 Å². The summed E-state index contributed by atoms with van der Waals surface area (Å²) in [4.78, 5) is 12.3. The van der Waals surface area contributed by atoms with Gasteiger partial charge in [0, 0.05) is 10.9 Å². The lowest BCUT2D eigenvalue weighted by atomic mass is 10.1. The maximum atomic E-state index is 12.3. The quantitative estimate of drug-likeness (QED) is 0.584. The highest BCUT2D eigenvalue weighted by Gasteiger charge is 2.16. The van der Waals surface area contributed by atoms with E-state index in [4.69, 9.17) is 4.42 Å². The zero-order valence-corrected chi connectivity index (χ0v) is 13.4. The average molecular weight is 306 g/mol. The van der Waals surface area contributed by atoms with E-state index in [1.54, 1.807) is 6.21 Å². The number of hydrazone groups is 1. The molecule has 0 bridgehead atoms. The van der Waals surface area contributed by atoms with Crippen LogP contribution in [0.4, 0.5) is 0 Å². The fourth-order valence-corrected chi connectivity index (χ4v) is 2.50. The zero-order valence-electron chi connectivity index (χ0n) is 13.4. The fraction of sp³-hybridized carbons (Fsp3) is 0.158. The summed E-state index contributed by atoms with van der Waals surface area (Å²) in [5.41, 5.74) is 7.29. The van der Waals surface area contributed by atoms with Crippen LogP contribution in [0.3, 0.4) is 0 Å². The number of carbonyl (C=O) groups is 1. The molecule has 1 aromatic heterocycles. The monoisotopic (exact) mass is 306 g/mol. The van der Waals surface area contributed by atoms with E-state index in [0.29, 0.717) is 11.3 Å². The van der Waals surface area contributed by atoms with Crippen molar-refractivity contribution in [3.05, 3.63) is 70.5 Å².